The van der Waals surface area contributed by atoms with E-state index in [1.807, 2.05) is 6.07 Å². The fraction of sp³-hybridized carbons (Fsp3) is 0.467. The Kier molecular flexibility index (Phi) is 2.18. The van der Waals surface area contributed by atoms with Crippen molar-refractivity contribution < 1.29 is 0 Å². The number of hydrogen-bond donors (Lipinski definition) is 2. The molecule has 3 heteroatoms. The molecule has 3 nitrogen and oxygen atoms in total. The van der Waals surface area contributed by atoms with Crippen LogP contribution < -0.4 is 5.73 Å². The number of anilines is 1. The van der Waals surface area contributed by atoms with Crippen molar-refractivity contribution in [3.8, 4) is 0 Å². The van der Waals surface area contributed by atoms with Crippen molar-refractivity contribution in [2.75, 3.05) is 25.4 Å². The highest BCUT2D eigenvalue weighted by molar-refractivity contribution is 5.86. The summed E-state index contributed by atoms with van der Waals surface area (Å²) in [5.41, 5.74) is 9.50. The molecule has 94 valence electrons. The predicted molar refractivity (Wildman–Crippen MR) is 74.6 cm³/mol. The van der Waals surface area contributed by atoms with Crippen molar-refractivity contribution in [3.05, 3.63) is 30.0 Å². The van der Waals surface area contributed by atoms with Gasteiger partial charge in [0.1, 0.15) is 0 Å². The second kappa shape index (κ2) is 3.75. The summed E-state index contributed by atoms with van der Waals surface area (Å²) in [5, 5.41) is 1.33. The number of benzene rings is 1. The van der Waals surface area contributed by atoms with Crippen molar-refractivity contribution in [1.29, 1.82) is 0 Å². The van der Waals surface area contributed by atoms with Gasteiger partial charge in [0.05, 0.1) is 0 Å². The molecule has 5 rings (SSSR count). The Morgan fingerprint density at radius 1 is 1.22 bits per heavy atom. The quantitative estimate of drug-likeness (QED) is 0.754. The highest BCUT2D eigenvalue weighted by atomic mass is 15.1. The Morgan fingerprint density at radius 3 is 2.78 bits per heavy atom. The number of H-pyrrole nitrogens is 1. The zero-order valence-electron chi connectivity index (χ0n) is 10.5. The average Bonchev–Trinajstić information content (AvgIpc) is 2.83. The van der Waals surface area contributed by atoms with Crippen LogP contribution in [0.5, 0.6) is 0 Å². The van der Waals surface area contributed by atoms with Crippen molar-refractivity contribution in [2.45, 2.75) is 18.8 Å². The number of aromatic amines is 1. The summed E-state index contributed by atoms with van der Waals surface area (Å²) in [6, 6.07) is 6.19. The van der Waals surface area contributed by atoms with Crippen LogP contribution in [-0.4, -0.2) is 29.5 Å². The molecule has 1 aromatic heterocycles. The topological polar surface area (TPSA) is 45.1 Å². The maximum Gasteiger partial charge on any atom is 0.0458 e. The lowest BCUT2D eigenvalue weighted by molar-refractivity contribution is 0.0876. The van der Waals surface area contributed by atoms with Gasteiger partial charge in [-0.1, -0.05) is 0 Å². The Labute approximate surface area is 107 Å². The van der Waals surface area contributed by atoms with Gasteiger partial charge in [-0.3, -0.25) is 0 Å². The van der Waals surface area contributed by atoms with Gasteiger partial charge < -0.3 is 15.6 Å². The van der Waals surface area contributed by atoms with Crippen LogP contribution in [0.3, 0.4) is 0 Å². The van der Waals surface area contributed by atoms with Gasteiger partial charge in [-0.2, -0.15) is 0 Å². The fourth-order valence-electron chi connectivity index (χ4n) is 3.78. The van der Waals surface area contributed by atoms with E-state index in [2.05, 4.69) is 28.2 Å². The summed E-state index contributed by atoms with van der Waals surface area (Å²) in [7, 11) is 0. The number of nitrogens with zero attached hydrogens (tertiary/aromatic N) is 1. The van der Waals surface area contributed by atoms with E-state index in [9.17, 15) is 0 Å². The standard InChI is InChI=1S/C15H19N3/c16-11-1-2-15-12(7-11)13(8-17-15)14-9-18-5-3-10(14)4-6-18/h1-2,7-8,10,14,17H,3-6,9,16H2. The third-order valence-corrected chi connectivity index (χ3v) is 4.79. The molecule has 3 aliphatic heterocycles. The Bertz CT molecular complexity index is 578. The molecule has 2 bridgehead atoms. The molecule has 0 spiro atoms. The minimum absolute atomic E-state index is 0.697. The van der Waals surface area contributed by atoms with Crippen LogP contribution in [0.4, 0.5) is 5.69 Å². The summed E-state index contributed by atoms with van der Waals surface area (Å²) in [6.45, 7) is 3.82. The van der Waals surface area contributed by atoms with E-state index in [-0.39, 0.29) is 0 Å². The lowest BCUT2D eigenvalue weighted by Gasteiger charge is -2.44. The third kappa shape index (κ3) is 1.47. The molecule has 1 unspecified atom stereocenters. The van der Waals surface area contributed by atoms with Gasteiger partial charge in [-0.05, 0) is 55.6 Å². The second-order valence-corrected chi connectivity index (χ2v) is 5.79. The van der Waals surface area contributed by atoms with Gasteiger partial charge in [-0.15, -0.1) is 0 Å². The van der Waals surface area contributed by atoms with E-state index in [1.165, 1.54) is 48.9 Å². The molecule has 0 amide bonds. The number of hydrogen-bond acceptors (Lipinski definition) is 2. The number of aromatic nitrogens is 1. The lowest BCUT2D eigenvalue weighted by atomic mass is 9.75. The van der Waals surface area contributed by atoms with E-state index in [1.54, 1.807) is 0 Å². The molecule has 3 N–H and O–H groups in total. The van der Waals surface area contributed by atoms with E-state index in [0.29, 0.717) is 5.92 Å². The summed E-state index contributed by atoms with van der Waals surface area (Å²) in [5.74, 6) is 1.57. The zero-order valence-corrected chi connectivity index (χ0v) is 10.5. The van der Waals surface area contributed by atoms with Crippen molar-refractivity contribution in [1.82, 2.24) is 9.88 Å². The zero-order chi connectivity index (χ0) is 12.1. The van der Waals surface area contributed by atoms with Crippen molar-refractivity contribution in [2.24, 2.45) is 5.92 Å². The minimum Gasteiger partial charge on any atom is -0.399 e. The molecular weight excluding hydrogens is 222 g/mol. The Balaban J connectivity index is 1.80. The molecule has 2 aromatic rings. The SMILES string of the molecule is Nc1ccc2[nH]cc(C3CN4CCC3CC4)c2c1. The first-order valence-electron chi connectivity index (χ1n) is 6.90. The van der Waals surface area contributed by atoms with E-state index < -0.39 is 0 Å². The maximum absolute atomic E-state index is 5.93. The van der Waals surface area contributed by atoms with E-state index >= 15 is 0 Å². The van der Waals surface area contributed by atoms with Gasteiger partial charge in [0.25, 0.3) is 0 Å². The van der Waals surface area contributed by atoms with Crippen LogP contribution >= 0.6 is 0 Å². The molecule has 0 radical (unpaired) electrons. The molecule has 4 heterocycles. The monoisotopic (exact) mass is 241 g/mol. The first-order valence-corrected chi connectivity index (χ1v) is 6.90. The third-order valence-electron chi connectivity index (χ3n) is 4.79. The van der Waals surface area contributed by atoms with Crippen LogP contribution in [0.15, 0.2) is 24.4 Å². The number of nitrogens with one attached hydrogen (secondary N) is 1. The first-order chi connectivity index (χ1) is 8.81. The maximum atomic E-state index is 5.93. The molecule has 3 saturated heterocycles. The average molecular weight is 241 g/mol. The van der Waals surface area contributed by atoms with Crippen molar-refractivity contribution >= 4 is 16.6 Å². The van der Waals surface area contributed by atoms with Crippen LogP contribution in [0.1, 0.15) is 24.3 Å². The molecule has 3 fully saturated rings. The van der Waals surface area contributed by atoms with E-state index in [4.69, 9.17) is 5.73 Å². The number of piperidine rings is 3. The summed E-state index contributed by atoms with van der Waals surface area (Å²) in [6.07, 6.45) is 4.93. The number of nitrogens with two attached hydrogens (primary N) is 1. The highest BCUT2D eigenvalue weighted by Crippen LogP contribution is 2.41. The lowest BCUT2D eigenvalue weighted by Crippen LogP contribution is -2.46. The summed E-state index contributed by atoms with van der Waals surface area (Å²) >= 11 is 0. The summed E-state index contributed by atoms with van der Waals surface area (Å²) in [4.78, 5) is 6.01. The number of rotatable bonds is 1. The Morgan fingerprint density at radius 2 is 2.06 bits per heavy atom. The highest BCUT2D eigenvalue weighted by Gasteiger charge is 2.35. The van der Waals surface area contributed by atoms with Crippen LogP contribution in [0.2, 0.25) is 0 Å². The predicted octanol–water partition coefficient (Wildman–Crippen LogP) is 2.56. The fourth-order valence-corrected chi connectivity index (χ4v) is 3.78. The smallest absolute Gasteiger partial charge is 0.0458 e. The largest absolute Gasteiger partial charge is 0.399 e. The molecule has 18 heavy (non-hydrogen) atoms. The number of fused-ring (bicyclic) bond motifs is 4. The van der Waals surface area contributed by atoms with Gasteiger partial charge >= 0.3 is 0 Å². The molecule has 0 aliphatic carbocycles. The van der Waals surface area contributed by atoms with Gasteiger partial charge in [-0.25, -0.2) is 0 Å². The van der Waals surface area contributed by atoms with Crippen LogP contribution in [0.25, 0.3) is 10.9 Å². The van der Waals surface area contributed by atoms with Gasteiger partial charge in [0.2, 0.25) is 0 Å². The molecule has 0 saturated carbocycles. The van der Waals surface area contributed by atoms with E-state index in [0.717, 1.165) is 11.6 Å². The summed E-state index contributed by atoms with van der Waals surface area (Å²) < 4.78 is 0. The molecule has 1 aromatic carbocycles. The van der Waals surface area contributed by atoms with Gasteiger partial charge in [0, 0.05) is 35.2 Å². The van der Waals surface area contributed by atoms with Crippen LogP contribution in [-0.2, 0) is 0 Å². The Hall–Kier alpha value is -1.48. The normalized spacial score (nSPS) is 31.0. The number of nitrogen functional groups attached to an aromatic ring is 1. The van der Waals surface area contributed by atoms with Gasteiger partial charge in [0.15, 0.2) is 0 Å². The minimum atomic E-state index is 0.697. The molecule has 3 aliphatic rings. The van der Waals surface area contributed by atoms with Crippen LogP contribution in [0, 0.1) is 5.92 Å². The second-order valence-electron chi connectivity index (χ2n) is 5.79. The van der Waals surface area contributed by atoms with Crippen molar-refractivity contribution in [3.63, 3.8) is 0 Å². The molecule has 1 atom stereocenters. The first kappa shape index (κ1) is 10.4. The molecular formula is C15H19N3.